The molecule has 58 heavy (non-hydrogen) atoms. The largest absolute Gasteiger partial charge is 0.507 e. The molecule has 4 heterocycles. The fourth-order valence-electron chi connectivity index (χ4n) is 7.89. The van der Waals surface area contributed by atoms with Gasteiger partial charge in [-0.2, -0.15) is 0 Å². The maximum Gasteiger partial charge on any atom is 0.124 e. The summed E-state index contributed by atoms with van der Waals surface area (Å²) < 4.78 is 2.32. The Bertz CT molecular complexity index is 2950. The molecule has 0 radical (unpaired) electrons. The van der Waals surface area contributed by atoms with Gasteiger partial charge in [-0.1, -0.05) is 126 Å². The van der Waals surface area contributed by atoms with Crippen LogP contribution in [-0.4, -0.2) is 24.6 Å². The summed E-state index contributed by atoms with van der Waals surface area (Å²) in [5, 5.41) is 12.1. The van der Waals surface area contributed by atoms with E-state index in [1.807, 2.05) is 42.7 Å². The minimum absolute atomic E-state index is 0.0389. The fourth-order valence-corrected chi connectivity index (χ4v) is 7.89. The van der Waals surface area contributed by atoms with Crippen molar-refractivity contribution in [3.8, 4) is 67.5 Å². The molecule has 0 aliphatic rings. The van der Waals surface area contributed by atoms with E-state index < -0.39 is 0 Å². The van der Waals surface area contributed by atoms with E-state index in [1.54, 1.807) is 6.07 Å². The van der Waals surface area contributed by atoms with E-state index in [2.05, 4.69) is 161 Å². The lowest BCUT2D eigenvalue weighted by Gasteiger charge is -2.26. The van der Waals surface area contributed by atoms with Crippen molar-refractivity contribution in [3.63, 3.8) is 0 Å². The lowest BCUT2D eigenvalue weighted by atomic mass is 9.79. The zero-order valence-electron chi connectivity index (χ0n) is 33.8. The fraction of sp³-hybridized carbons (Fsp3) is 0.151. The standard InChI is InChI=1S/C53H46N4O/c1-52(2,3)39-28-37(29-40(33-39)53(4,5)6)38-31-46(56-47(32-38)43-19-10-11-23-49(43)58)36-16-12-15-35(27-36)45-30-34(24-26-54-45)42-20-13-21-44-50-48(22-14-25-55-50)57(51(42)44)41-17-8-7-9-18-41/h7-33,58H,1-6H3. The topological polar surface area (TPSA) is 63.8 Å². The lowest BCUT2D eigenvalue weighted by molar-refractivity contribution is 0.477. The highest BCUT2D eigenvalue weighted by Gasteiger charge is 2.23. The zero-order valence-corrected chi connectivity index (χ0v) is 33.8. The molecule has 0 unspecified atom stereocenters. The van der Waals surface area contributed by atoms with Gasteiger partial charge < -0.3 is 9.67 Å². The second-order valence-corrected chi connectivity index (χ2v) is 17.2. The Balaban J connectivity index is 1.19. The van der Waals surface area contributed by atoms with Crippen LogP contribution in [0.3, 0.4) is 0 Å². The van der Waals surface area contributed by atoms with Crippen molar-refractivity contribution in [2.45, 2.75) is 52.4 Å². The number of pyridine rings is 3. The summed E-state index contributed by atoms with van der Waals surface area (Å²) in [5.41, 5.74) is 16.1. The van der Waals surface area contributed by atoms with Crippen molar-refractivity contribution in [3.05, 3.63) is 175 Å². The van der Waals surface area contributed by atoms with E-state index in [1.165, 1.54) is 11.1 Å². The van der Waals surface area contributed by atoms with Gasteiger partial charge in [-0.15, -0.1) is 0 Å². The SMILES string of the molecule is CC(C)(C)c1cc(-c2cc(-c3cccc(-c4cc(-c5cccc6c7ncccc7n(-c7ccccc7)c56)ccn4)c3)nc(-c3ccccc3O)c2)cc(C(C)(C)C)c1. The lowest BCUT2D eigenvalue weighted by Crippen LogP contribution is -2.16. The maximum atomic E-state index is 11.0. The first-order valence-electron chi connectivity index (χ1n) is 19.9. The Morgan fingerprint density at radius 1 is 0.466 bits per heavy atom. The van der Waals surface area contributed by atoms with Gasteiger partial charge in [0.15, 0.2) is 0 Å². The summed E-state index contributed by atoms with van der Waals surface area (Å²) in [6, 6.07) is 52.5. The van der Waals surface area contributed by atoms with Crippen molar-refractivity contribution in [2.75, 3.05) is 0 Å². The number of phenols is 1. The molecule has 0 bridgehead atoms. The van der Waals surface area contributed by atoms with Gasteiger partial charge in [0.1, 0.15) is 5.75 Å². The molecular weight excluding hydrogens is 709 g/mol. The number of hydrogen-bond acceptors (Lipinski definition) is 4. The maximum absolute atomic E-state index is 11.0. The molecule has 0 aliphatic heterocycles. The van der Waals surface area contributed by atoms with E-state index in [0.717, 1.165) is 72.4 Å². The van der Waals surface area contributed by atoms with E-state index in [-0.39, 0.29) is 16.6 Å². The average Bonchev–Trinajstić information content (AvgIpc) is 3.58. The van der Waals surface area contributed by atoms with Crippen LogP contribution in [-0.2, 0) is 10.8 Å². The van der Waals surface area contributed by atoms with Gasteiger partial charge in [0.25, 0.3) is 0 Å². The molecule has 0 saturated carbocycles. The Labute approximate surface area is 340 Å². The van der Waals surface area contributed by atoms with Gasteiger partial charge in [-0.05, 0) is 105 Å². The molecule has 0 saturated heterocycles. The molecule has 5 aromatic carbocycles. The second-order valence-electron chi connectivity index (χ2n) is 17.2. The number of phenolic OH excluding ortho intramolecular Hbond substituents is 1. The summed E-state index contributed by atoms with van der Waals surface area (Å²) in [7, 11) is 0. The van der Waals surface area contributed by atoms with Gasteiger partial charge in [0, 0.05) is 45.7 Å². The first-order chi connectivity index (χ1) is 27.9. The Morgan fingerprint density at radius 3 is 1.84 bits per heavy atom. The first-order valence-corrected chi connectivity index (χ1v) is 19.9. The monoisotopic (exact) mass is 754 g/mol. The third-order valence-electron chi connectivity index (χ3n) is 11.1. The van der Waals surface area contributed by atoms with Crippen molar-refractivity contribution < 1.29 is 5.11 Å². The number of aromatic nitrogens is 4. The molecule has 0 fully saturated rings. The number of rotatable bonds is 6. The van der Waals surface area contributed by atoms with E-state index in [4.69, 9.17) is 15.0 Å². The van der Waals surface area contributed by atoms with Crippen molar-refractivity contribution in [1.29, 1.82) is 0 Å². The van der Waals surface area contributed by atoms with Crippen LogP contribution in [0.1, 0.15) is 52.7 Å². The number of para-hydroxylation sites is 3. The predicted molar refractivity (Wildman–Crippen MR) is 240 cm³/mol. The average molecular weight is 755 g/mol. The van der Waals surface area contributed by atoms with Crippen LogP contribution in [0.5, 0.6) is 5.75 Å². The minimum atomic E-state index is -0.0389. The molecule has 5 heteroatoms. The van der Waals surface area contributed by atoms with Gasteiger partial charge in [0.2, 0.25) is 0 Å². The summed E-state index contributed by atoms with van der Waals surface area (Å²) >= 11 is 0. The van der Waals surface area contributed by atoms with E-state index in [0.29, 0.717) is 11.3 Å². The molecule has 9 aromatic rings. The molecule has 0 aliphatic carbocycles. The molecule has 0 spiro atoms. The normalized spacial score (nSPS) is 12.0. The van der Waals surface area contributed by atoms with Crippen molar-refractivity contribution >= 4 is 21.9 Å². The molecule has 0 atom stereocenters. The number of hydrogen-bond donors (Lipinski definition) is 1. The van der Waals surface area contributed by atoms with Gasteiger partial charge in [0.05, 0.1) is 33.6 Å². The highest BCUT2D eigenvalue weighted by molar-refractivity contribution is 6.12. The molecule has 4 aromatic heterocycles. The van der Waals surface area contributed by atoms with Crippen LogP contribution in [0, 0.1) is 0 Å². The molecule has 9 rings (SSSR count). The zero-order chi connectivity index (χ0) is 40.2. The Morgan fingerprint density at radius 2 is 1.10 bits per heavy atom. The van der Waals surface area contributed by atoms with Crippen LogP contribution in [0.2, 0.25) is 0 Å². The third kappa shape index (κ3) is 6.83. The summed E-state index contributed by atoms with van der Waals surface area (Å²) in [6.45, 7) is 13.6. The van der Waals surface area contributed by atoms with Gasteiger partial charge in [-0.3, -0.25) is 9.97 Å². The second kappa shape index (κ2) is 14.3. The highest BCUT2D eigenvalue weighted by Crippen LogP contribution is 2.40. The predicted octanol–water partition coefficient (Wildman–Crippen LogP) is 13.6. The molecule has 5 nitrogen and oxygen atoms in total. The Hall–Kier alpha value is -6.85. The minimum Gasteiger partial charge on any atom is -0.507 e. The quantitative estimate of drug-likeness (QED) is 0.184. The van der Waals surface area contributed by atoms with E-state index in [9.17, 15) is 5.11 Å². The van der Waals surface area contributed by atoms with Crippen LogP contribution in [0.4, 0.5) is 0 Å². The van der Waals surface area contributed by atoms with Crippen LogP contribution in [0.25, 0.3) is 83.6 Å². The summed E-state index contributed by atoms with van der Waals surface area (Å²) in [4.78, 5) is 14.9. The molecule has 284 valence electrons. The first kappa shape index (κ1) is 36.8. The number of benzene rings is 5. The molecule has 1 N–H and O–H groups in total. The van der Waals surface area contributed by atoms with Crippen LogP contribution < -0.4 is 0 Å². The Kier molecular flexibility index (Phi) is 9.04. The van der Waals surface area contributed by atoms with Gasteiger partial charge >= 0.3 is 0 Å². The third-order valence-corrected chi connectivity index (χ3v) is 11.1. The molecular formula is C53H46N4O. The highest BCUT2D eigenvalue weighted by atomic mass is 16.3. The van der Waals surface area contributed by atoms with Crippen LogP contribution in [0.15, 0.2) is 164 Å². The van der Waals surface area contributed by atoms with Crippen molar-refractivity contribution in [1.82, 2.24) is 19.5 Å². The van der Waals surface area contributed by atoms with Crippen molar-refractivity contribution in [2.24, 2.45) is 0 Å². The molecule has 0 amide bonds. The van der Waals surface area contributed by atoms with Gasteiger partial charge in [-0.25, -0.2) is 4.98 Å². The number of nitrogens with zero attached hydrogens (tertiary/aromatic N) is 4. The number of aromatic hydroxyl groups is 1. The number of fused-ring (bicyclic) bond motifs is 3. The van der Waals surface area contributed by atoms with Crippen LogP contribution >= 0.6 is 0 Å². The smallest absolute Gasteiger partial charge is 0.124 e. The van der Waals surface area contributed by atoms with E-state index >= 15 is 0 Å². The summed E-state index contributed by atoms with van der Waals surface area (Å²) in [6.07, 6.45) is 3.76. The summed E-state index contributed by atoms with van der Waals surface area (Å²) in [5.74, 6) is 0.198.